The Morgan fingerprint density at radius 1 is 0.871 bits per heavy atom. The van der Waals surface area contributed by atoms with Crippen LogP contribution in [0, 0.1) is 11.8 Å². The highest BCUT2D eigenvalue weighted by atomic mass is 16.5. The molecule has 0 amide bonds. The molecule has 0 aliphatic rings. The van der Waals surface area contributed by atoms with Gasteiger partial charge in [0.2, 0.25) is 0 Å². The van der Waals surface area contributed by atoms with Crippen molar-refractivity contribution < 1.29 is 9.53 Å². The number of benzene rings is 2. The summed E-state index contributed by atoms with van der Waals surface area (Å²) in [6, 6.07) is 15.5. The van der Waals surface area contributed by atoms with Crippen molar-refractivity contribution in [1.82, 2.24) is 9.97 Å². The number of hydrogen-bond donors (Lipinski definition) is 0. The average Bonchev–Trinajstić information content (AvgIpc) is 2.82. The first-order valence-electron chi connectivity index (χ1n) is 9.77. The third-order valence-electron chi connectivity index (χ3n) is 4.99. The molecule has 0 N–H and O–H groups in total. The molecule has 2 aromatic heterocycles. The number of ether oxygens (including phenoxy) is 1. The van der Waals surface area contributed by atoms with Gasteiger partial charge < -0.3 is 9.64 Å². The van der Waals surface area contributed by atoms with Gasteiger partial charge in [0.05, 0.1) is 12.7 Å². The summed E-state index contributed by atoms with van der Waals surface area (Å²) in [6.07, 6.45) is 7.00. The van der Waals surface area contributed by atoms with Gasteiger partial charge in [0, 0.05) is 72.2 Å². The number of hydrogen-bond acceptors (Lipinski definition) is 5. The Morgan fingerprint density at radius 3 is 2.45 bits per heavy atom. The maximum atomic E-state index is 12.2. The van der Waals surface area contributed by atoms with Gasteiger partial charge in [0.15, 0.2) is 0 Å². The highest BCUT2D eigenvalue weighted by molar-refractivity contribution is 6.09. The number of aromatic nitrogens is 2. The highest BCUT2D eigenvalue weighted by Gasteiger charge is 2.15. The number of esters is 1. The Bertz CT molecular complexity index is 1320. The zero-order valence-corrected chi connectivity index (χ0v) is 17.6. The van der Waals surface area contributed by atoms with Crippen LogP contribution in [0.5, 0.6) is 0 Å². The number of pyridine rings is 2. The Morgan fingerprint density at radius 2 is 1.71 bits per heavy atom. The monoisotopic (exact) mass is 407 g/mol. The lowest BCUT2D eigenvalue weighted by Gasteiger charge is -2.19. The lowest BCUT2D eigenvalue weighted by atomic mass is 9.96. The summed E-state index contributed by atoms with van der Waals surface area (Å²) >= 11 is 0. The fourth-order valence-corrected chi connectivity index (χ4v) is 3.49. The molecule has 0 radical (unpaired) electrons. The molecule has 5 heteroatoms. The van der Waals surface area contributed by atoms with E-state index in [0.717, 1.165) is 38.7 Å². The second-order valence-corrected chi connectivity index (χ2v) is 7.20. The third-order valence-corrected chi connectivity index (χ3v) is 4.99. The van der Waals surface area contributed by atoms with Crippen molar-refractivity contribution in [2.75, 3.05) is 26.1 Å². The normalized spacial score (nSPS) is 10.3. The quantitative estimate of drug-likeness (QED) is 0.368. The molecule has 31 heavy (non-hydrogen) atoms. The van der Waals surface area contributed by atoms with Crippen LogP contribution in [-0.2, 0) is 4.74 Å². The van der Waals surface area contributed by atoms with E-state index in [1.807, 2.05) is 61.6 Å². The zero-order chi connectivity index (χ0) is 21.8. The summed E-state index contributed by atoms with van der Waals surface area (Å²) in [5, 5.41) is 1.70. The minimum Gasteiger partial charge on any atom is -0.465 e. The van der Waals surface area contributed by atoms with Gasteiger partial charge in [-0.25, -0.2) is 4.79 Å². The van der Waals surface area contributed by atoms with E-state index in [4.69, 9.17) is 4.74 Å². The van der Waals surface area contributed by atoms with E-state index in [2.05, 4.69) is 27.9 Å². The van der Waals surface area contributed by atoms with Crippen LogP contribution in [0.1, 0.15) is 21.5 Å². The molecule has 0 fully saturated rings. The van der Waals surface area contributed by atoms with E-state index in [1.54, 1.807) is 24.7 Å². The van der Waals surface area contributed by atoms with Gasteiger partial charge in [-0.05, 0) is 35.7 Å². The van der Waals surface area contributed by atoms with Gasteiger partial charge >= 0.3 is 5.97 Å². The maximum Gasteiger partial charge on any atom is 0.338 e. The largest absolute Gasteiger partial charge is 0.465 e. The van der Waals surface area contributed by atoms with E-state index in [0.29, 0.717) is 5.56 Å². The lowest BCUT2D eigenvalue weighted by Crippen LogP contribution is -2.10. The van der Waals surface area contributed by atoms with Gasteiger partial charge in [-0.3, -0.25) is 9.97 Å². The summed E-state index contributed by atoms with van der Waals surface area (Å²) in [7, 11) is 5.37. The molecule has 4 aromatic rings. The van der Waals surface area contributed by atoms with Crippen molar-refractivity contribution in [2.45, 2.75) is 0 Å². The van der Waals surface area contributed by atoms with Gasteiger partial charge in [-0.1, -0.05) is 30.0 Å². The Balaban J connectivity index is 1.84. The Hall–Kier alpha value is -4.17. The van der Waals surface area contributed by atoms with Crippen molar-refractivity contribution in [3.8, 4) is 23.0 Å². The van der Waals surface area contributed by atoms with Crippen molar-refractivity contribution in [3.05, 3.63) is 90.0 Å². The van der Waals surface area contributed by atoms with E-state index < -0.39 is 0 Å². The van der Waals surface area contributed by atoms with Crippen LogP contribution in [0.2, 0.25) is 0 Å². The Labute approximate surface area is 181 Å². The van der Waals surface area contributed by atoms with Gasteiger partial charge in [-0.15, -0.1) is 0 Å². The van der Waals surface area contributed by atoms with Crippen LogP contribution in [0.3, 0.4) is 0 Å². The van der Waals surface area contributed by atoms with Crippen molar-refractivity contribution in [1.29, 1.82) is 0 Å². The molecule has 0 unspecified atom stereocenters. The molecule has 0 saturated heterocycles. The summed E-state index contributed by atoms with van der Waals surface area (Å²) in [5.74, 6) is 5.98. The molecular formula is C26H21N3O2. The average molecular weight is 407 g/mol. The van der Waals surface area contributed by atoms with Crippen molar-refractivity contribution >= 4 is 22.4 Å². The Kier molecular flexibility index (Phi) is 5.63. The predicted molar refractivity (Wildman–Crippen MR) is 123 cm³/mol. The fraction of sp³-hybridized carbons (Fsp3) is 0.115. The molecular weight excluding hydrogens is 386 g/mol. The predicted octanol–water partition coefficient (Wildman–Crippen LogP) is 4.55. The number of carbonyl (C=O) groups is 1. The zero-order valence-electron chi connectivity index (χ0n) is 17.6. The molecule has 0 atom stereocenters. The lowest BCUT2D eigenvalue weighted by molar-refractivity contribution is 0.0603. The topological polar surface area (TPSA) is 55.3 Å². The SMILES string of the molecule is COC(=O)c1cccc2c(-c3ccc(C#Cc4cccnc4)cc3N(C)C)cncc12. The van der Waals surface area contributed by atoms with Crippen LogP contribution < -0.4 is 4.90 Å². The summed E-state index contributed by atoms with van der Waals surface area (Å²) < 4.78 is 4.94. The standard InChI is InChI=1S/C26H21N3O2/c1-29(2)25-14-18(9-10-19-6-5-13-27-15-19)11-12-21(25)23-16-28-17-24-20(23)7-4-8-22(24)26(30)31-3/h4-8,11-17H,1-3H3. The van der Waals surface area contributed by atoms with Gasteiger partial charge in [0.1, 0.15) is 0 Å². The van der Waals surface area contributed by atoms with Crippen LogP contribution in [0.25, 0.3) is 21.9 Å². The van der Waals surface area contributed by atoms with Crippen molar-refractivity contribution in [2.24, 2.45) is 0 Å². The summed E-state index contributed by atoms with van der Waals surface area (Å²) in [5.41, 5.74) is 5.23. The molecule has 152 valence electrons. The molecule has 4 rings (SSSR count). The van der Waals surface area contributed by atoms with Crippen molar-refractivity contribution in [3.63, 3.8) is 0 Å². The molecule has 0 bridgehead atoms. The minimum atomic E-state index is -0.376. The van der Waals surface area contributed by atoms with Crippen LogP contribution in [-0.4, -0.2) is 37.1 Å². The molecule has 0 saturated carbocycles. The van der Waals surface area contributed by atoms with E-state index in [9.17, 15) is 4.79 Å². The second kappa shape index (κ2) is 8.68. The van der Waals surface area contributed by atoms with Gasteiger partial charge in [-0.2, -0.15) is 0 Å². The molecule has 2 aromatic carbocycles. The number of carbonyl (C=O) groups excluding carboxylic acids is 1. The number of fused-ring (bicyclic) bond motifs is 1. The number of methoxy groups -OCH3 is 1. The fourth-order valence-electron chi connectivity index (χ4n) is 3.49. The maximum absolute atomic E-state index is 12.2. The summed E-state index contributed by atoms with van der Waals surface area (Å²) in [4.78, 5) is 22.8. The number of rotatable bonds is 3. The molecule has 0 aliphatic heterocycles. The highest BCUT2D eigenvalue weighted by Crippen LogP contribution is 2.36. The molecule has 0 spiro atoms. The first kappa shape index (κ1) is 20.1. The first-order valence-corrected chi connectivity index (χ1v) is 9.77. The first-order chi connectivity index (χ1) is 15.1. The number of nitrogens with zero attached hydrogens (tertiary/aromatic N) is 3. The van der Waals surface area contributed by atoms with Crippen LogP contribution >= 0.6 is 0 Å². The molecule has 2 heterocycles. The molecule has 0 aliphatic carbocycles. The summed E-state index contributed by atoms with van der Waals surface area (Å²) in [6.45, 7) is 0. The second-order valence-electron chi connectivity index (χ2n) is 7.20. The van der Waals surface area contributed by atoms with E-state index in [1.165, 1.54) is 7.11 Å². The van der Waals surface area contributed by atoms with Crippen LogP contribution in [0.4, 0.5) is 5.69 Å². The van der Waals surface area contributed by atoms with Gasteiger partial charge in [0.25, 0.3) is 0 Å². The van der Waals surface area contributed by atoms with Crippen LogP contribution in [0.15, 0.2) is 73.3 Å². The van der Waals surface area contributed by atoms with E-state index in [-0.39, 0.29) is 5.97 Å². The number of anilines is 1. The minimum absolute atomic E-state index is 0.376. The third kappa shape index (κ3) is 4.10. The van der Waals surface area contributed by atoms with E-state index >= 15 is 0 Å². The smallest absolute Gasteiger partial charge is 0.338 e. The molecule has 5 nitrogen and oxygen atoms in total.